The molecular weight excluding hydrogens is 404 g/mol. The molecule has 1 unspecified atom stereocenters. The van der Waals surface area contributed by atoms with Crippen LogP contribution in [0.15, 0.2) is 65.3 Å². The van der Waals surface area contributed by atoms with Crippen molar-refractivity contribution in [1.82, 2.24) is 19.9 Å². The van der Waals surface area contributed by atoms with Crippen LogP contribution in [0.1, 0.15) is 24.8 Å². The normalized spacial score (nSPS) is 17.1. The Kier molecular flexibility index (Phi) is 5.34. The van der Waals surface area contributed by atoms with Gasteiger partial charge < -0.3 is 4.90 Å². The van der Waals surface area contributed by atoms with Crippen LogP contribution in [0, 0.1) is 0 Å². The summed E-state index contributed by atoms with van der Waals surface area (Å²) in [5.74, 6) is 0. The van der Waals surface area contributed by atoms with Crippen molar-refractivity contribution in [2.24, 2.45) is 0 Å². The Hall–Kier alpha value is -2.47. The first-order valence-electron chi connectivity index (χ1n) is 9.24. The largest absolute Gasteiger partial charge is 0.362 e. The van der Waals surface area contributed by atoms with Crippen LogP contribution >= 0.6 is 15.9 Å². The van der Waals surface area contributed by atoms with Crippen LogP contribution in [0.2, 0.25) is 0 Å². The molecule has 5 nitrogen and oxygen atoms in total. The van der Waals surface area contributed by atoms with Gasteiger partial charge in [0.1, 0.15) is 5.69 Å². The highest BCUT2D eigenvalue weighted by Gasteiger charge is 2.29. The van der Waals surface area contributed by atoms with Gasteiger partial charge in [0, 0.05) is 22.6 Å². The molecule has 1 saturated heterocycles. The fraction of sp³-hybridized carbons (Fsp3) is 0.286. The van der Waals surface area contributed by atoms with Crippen LogP contribution in [0.25, 0.3) is 11.3 Å². The summed E-state index contributed by atoms with van der Waals surface area (Å²) in [6.45, 7) is 0.755. The second-order valence-corrected chi connectivity index (χ2v) is 7.76. The summed E-state index contributed by atoms with van der Waals surface area (Å²) in [6.07, 6.45) is 5.71. The average molecular weight is 425 g/mol. The lowest BCUT2D eigenvalue weighted by molar-refractivity contribution is 0.146. The molecule has 0 aliphatic carbocycles. The Morgan fingerprint density at radius 3 is 2.63 bits per heavy atom. The quantitative estimate of drug-likeness (QED) is 0.607. The minimum Gasteiger partial charge on any atom is -0.318 e. The van der Waals surface area contributed by atoms with Crippen LogP contribution in [0.3, 0.4) is 0 Å². The molecule has 0 spiro atoms. The van der Waals surface area contributed by atoms with Gasteiger partial charge in [-0.25, -0.2) is 4.79 Å². The van der Waals surface area contributed by atoms with Gasteiger partial charge in [-0.3, -0.25) is 0 Å². The Morgan fingerprint density at radius 2 is 1.85 bits per heavy atom. The van der Waals surface area contributed by atoms with Gasteiger partial charge in [0.05, 0.1) is 6.20 Å². The van der Waals surface area contributed by atoms with Gasteiger partial charge in [-0.2, -0.15) is 5.10 Å². The van der Waals surface area contributed by atoms with Crippen LogP contribution in [-0.4, -0.2) is 38.5 Å². The van der Waals surface area contributed by atoms with Gasteiger partial charge in [-0.15, -0.1) is 5.10 Å². The van der Waals surface area contributed by atoms with E-state index in [0.717, 1.165) is 42.3 Å². The third-order valence-corrected chi connectivity index (χ3v) is 5.52. The molecule has 1 aliphatic rings. The molecule has 0 radical (unpaired) electrons. The first-order valence-corrected chi connectivity index (χ1v) is 10.0. The van der Waals surface area contributed by atoms with Gasteiger partial charge in [-0.05, 0) is 43.4 Å². The third-order valence-electron chi connectivity index (χ3n) is 4.99. The number of carbonyl (C=O) groups is 1. The molecular formula is C21H21BrN4O. The molecule has 0 N–H and O–H groups in total. The highest BCUT2D eigenvalue weighted by Crippen LogP contribution is 2.23. The van der Waals surface area contributed by atoms with Crippen molar-refractivity contribution >= 4 is 22.0 Å². The summed E-state index contributed by atoms with van der Waals surface area (Å²) < 4.78 is 1.01. The molecule has 4 rings (SSSR count). The van der Waals surface area contributed by atoms with E-state index in [4.69, 9.17) is 0 Å². The zero-order chi connectivity index (χ0) is 18.6. The van der Waals surface area contributed by atoms with Gasteiger partial charge in [0.2, 0.25) is 0 Å². The number of benzene rings is 2. The van der Waals surface area contributed by atoms with E-state index in [1.807, 2.05) is 47.4 Å². The van der Waals surface area contributed by atoms with E-state index in [9.17, 15) is 4.79 Å². The topological polar surface area (TPSA) is 51.0 Å². The summed E-state index contributed by atoms with van der Waals surface area (Å²) in [6, 6.07) is 18.2. The Morgan fingerprint density at radius 1 is 1.07 bits per heavy atom. The van der Waals surface area contributed by atoms with Gasteiger partial charge in [-0.1, -0.05) is 63.2 Å². The van der Waals surface area contributed by atoms with Gasteiger partial charge in [0.25, 0.3) is 0 Å². The van der Waals surface area contributed by atoms with E-state index >= 15 is 0 Å². The second-order valence-electron chi connectivity index (χ2n) is 6.84. The average Bonchev–Trinajstić information content (AvgIpc) is 3.19. The fourth-order valence-corrected chi connectivity index (χ4v) is 3.84. The number of piperidine rings is 1. The number of likely N-dealkylation sites (tertiary alicyclic amines) is 1. The van der Waals surface area contributed by atoms with Gasteiger partial charge >= 0.3 is 6.03 Å². The van der Waals surface area contributed by atoms with Crippen molar-refractivity contribution in [2.45, 2.75) is 31.7 Å². The van der Waals surface area contributed by atoms with E-state index in [0.29, 0.717) is 5.69 Å². The molecule has 3 aromatic rings. The molecule has 1 aliphatic heterocycles. The monoisotopic (exact) mass is 424 g/mol. The predicted octanol–water partition coefficient (Wildman–Crippen LogP) is 4.77. The first kappa shape index (κ1) is 17.9. The SMILES string of the molecule is O=C(N1CCCCC1Cc1ccccc1)n1ncc(-c2ccc(Br)cc2)n1. The van der Waals surface area contributed by atoms with Crippen LogP contribution in [-0.2, 0) is 6.42 Å². The highest BCUT2D eigenvalue weighted by molar-refractivity contribution is 9.10. The van der Waals surface area contributed by atoms with E-state index in [-0.39, 0.29) is 12.1 Å². The molecule has 6 heteroatoms. The Balaban J connectivity index is 1.52. The van der Waals surface area contributed by atoms with Crippen LogP contribution < -0.4 is 0 Å². The molecule has 0 saturated carbocycles. The molecule has 2 aromatic carbocycles. The zero-order valence-electron chi connectivity index (χ0n) is 15.0. The summed E-state index contributed by atoms with van der Waals surface area (Å²) in [4.78, 5) is 16.2. The Bertz CT molecular complexity index is 907. The van der Waals surface area contributed by atoms with Crippen molar-refractivity contribution in [3.63, 3.8) is 0 Å². The van der Waals surface area contributed by atoms with E-state index in [1.54, 1.807) is 6.20 Å². The maximum Gasteiger partial charge on any atom is 0.362 e. The number of hydrogen-bond acceptors (Lipinski definition) is 3. The minimum absolute atomic E-state index is 0.140. The molecule has 1 atom stereocenters. The van der Waals surface area contributed by atoms with E-state index in [1.165, 1.54) is 10.4 Å². The number of carbonyl (C=O) groups excluding carboxylic acids is 1. The number of nitrogens with zero attached hydrogens (tertiary/aromatic N) is 4. The maximum atomic E-state index is 13.1. The second kappa shape index (κ2) is 8.05. The summed E-state index contributed by atoms with van der Waals surface area (Å²) in [5.41, 5.74) is 2.90. The lowest BCUT2D eigenvalue weighted by Crippen LogP contribution is -2.47. The molecule has 0 bridgehead atoms. The lowest BCUT2D eigenvalue weighted by Gasteiger charge is -2.35. The van der Waals surface area contributed by atoms with Crippen molar-refractivity contribution in [3.05, 3.63) is 70.8 Å². The Labute approximate surface area is 167 Å². The van der Waals surface area contributed by atoms with Crippen molar-refractivity contribution in [3.8, 4) is 11.3 Å². The first-order chi connectivity index (χ1) is 13.2. The van der Waals surface area contributed by atoms with Crippen LogP contribution in [0.4, 0.5) is 4.79 Å². The minimum atomic E-state index is -0.140. The maximum absolute atomic E-state index is 13.1. The molecule has 138 valence electrons. The zero-order valence-corrected chi connectivity index (χ0v) is 16.5. The van der Waals surface area contributed by atoms with Gasteiger partial charge in [0.15, 0.2) is 0 Å². The highest BCUT2D eigenvalue weighted by atomic mass is 79.9. The van der Waals surface area contributed by atoms with Crippen molar-refractivity contribution in [1.29, 1.82) is 0 Å². The van der Waals surface area contributed by atoms with E-state index in [2.05, 4.69) is 38.3 Å². The lowest BCUT2D eigenvalue weighted by atomic mass is 9.96. The smallest absolute Gasteiger partial charge is 0.318 e. The molecule has 1 aromatic heterocycles. The number of rotatable bonds is 3. The predicted molar refractivity (Wildman–Crippen MR) is 108 cm³/mol. The van der Waals surface area contributed by atoms with Crippen molar-refractivity contribution in [2.75, 3.05) is 6.54 Å². The van der Waals surface area contributed by atoms with E-state index < -0.39 is 0 Å². The molecule has 2 heterocycles. The number of amides is 1. The molecule has 1 fully saturated rings. The third kappa shape index (κ3) is 4.11. The summed E-state index contributed by atoms with van der Waals surface area (Å²) in [5, 5.41) is 8.66. The number of aromatic nitrogens is 3. The molecule has 1 amide bonds. The van der Waals surface area contributed by atoms with Crippen molar-refractivity contribution < 1.29 is 4.79 Å². The standard InChI is InChI=1S/C21H21BrN4O/c22-18-11-9-17(10-12-18)20-15-23-26(24-20)21(27)25-13-5-4-8-19(25)14-16-6-2-1-3-7-16/h1-3,6-7,9-12,15,19H,4-5,8,13-14H2. The molecule has 27 heavy (non-hydrogen) atoms. The number of halogens is 1. The summed E-state index contributed by atoms with van der Waals surface area (Å²) in [7, 11) is 0. The fourth-order valence-electron chi connectivity index (χ4n) is 3.57. The van der Waals surface area contributed by atoms with Crippen LogP contribution in [0.5, 0.6) is 0 Å². The number of hydrogen-bond donors (Lipinski definition) is 0. The summed E-state index contributed by atoms with van der Waals surface area (Å²) >= 11 is 3.43.